The maximum Gasteiger partial charge on any atom is 0.340 e. The summed E-state index contributed by atoms with van der Waals surface area (Å²) >= 11 is 13.4. The zero-order valence-electron chi connectivity index (χ0n) is 21.6. The number of hydrogen-bond donors (Lipinski definition) is 4. The number of carbonyl (C=O) groups excluding carboxylic acids is 2. The maximum atomic E-state index is 13.3. The highest BCUT2D eigenvalue weighted by atomic mass is 35.5. The van der Waals surface area contributed by atoms with E-state index in [0.29, 0.717) is 45.5 Å². The predicted molar refractivity (Wildman–Crippen MR) is 148 cm³/mol. The van der Waals surface area contributed by atoms with Crippen LogP contribution in [-0.4, -0.2) is 40.3 Å². The molecule has 1 heterocycles. The van der Waals surface area contributed by atoms with Gasteiger partial charge in [-0.1, -0.05) is 62.0 Å². The van der Waals surface area contributed by atoms with Gasteiger partial charge in [0.05, 0.1) is 15.6 Å². The minimum Gasteiger partial charge on any atom is -0.506 e. The normalized spacial score (nSPS) is 15.9. The number of ether oxygens (including phenoxy) is 1. The van der Waals surface area contributed by atoms with Crippen molar-refractivity contribution >= 4 is 35.1 Å². The Bertz CT molecular complexity index is 1440. The van der Waals surface area contributed by atoms with E-state index in [4.69, 9.17) is 33.0 Å². The van der Waals surface area contributed by atoms with E-state index < -0.39 is 17.0 Å². The van der Waals surface area contributed by atoms with Gasteiger partial charge in [0.1, 0.15) is 11.5 Å². The molecule has 4 N–H and O–H groups in total. The standard InChI is InChI=1S/C30H29Cl2NO6/c1-29(2)23-18(9-11-21(35)25(23)31)30(19-10-12-22(36)26(32)24(19)29)20-15-16(7-8-17(20)28(38)39-30)27(37)33-13-5-3-4-6-14-34/h7-12,15,34-36H,3-6,13-14H2,1-2H3,(H,33,37). The van der Waals surface area contributed by atoms with Gasteiger partial charge in [-0.15, -0.1) is 0 Å². The van der Waals surface area contributed by atoms with Gasteiger partial charge in [-0.25, -0.2) is 4.79 Å². The van der Waals surface area contributed by atoms with Crippen LogP contribution in [0.4, 0.5) is 0 Å². The van der Waals surface area contributed by atoms with Crippen molar-refractivity contribution in [1.82, 2.24) is 5.32 Å². The molecule has 39 heavy (non-hydrogen) atoms. The van der Waals surface area contributed by atoms with Crippen molar-refractivity contribution in [2.75, 3.05) is 13.2 Å². The summed E-state index contributed by atoms with van der Waals surface area (Å²) in [6.45, 7) is 4.38. The highest BCUT2D eigenvalue weighted by molar-refractivity contribution is 6.34. The summed E-state index contributed by atoms with van der Waals surface area (Å²) in [6, 6.07) is 11.0. The van der Waals surface area contributed by atoms with Crippen molar-refractivity contribution in [3.05, 3.63) is 91.5 Å². The average Bonchev–Trinajstić information content (AvgIpc) is 3.20. The van der Waals surface area contributed by atoms with E-state index >= 15 is 0 Å². The Morgan fingerprint density at radius 2 is 1.46 bits per heavy atom. The lowest BCUT2D eigenvalue weighted by Crippen LogP contribution is -2.42. The molecule has 3 aromatic rings. The highest BCUT2D eigenvalue weighted by Crippen LogP contribution is 2.60. The van der Waals surface area contributed by atoms with Crippen molar-refractivity contribution in [2.24, 2.45) is 0 Å². The van der Waals surface area contributed by atoms with E-state index in [1.807, 2.05) is 13.8 Å². The van der Waals surface area contributed by atoms with Crippen LogP contribution < -0.4 is 5.32 Å². The van der Waals surface area contributed by atoms with E-state index in [2.05, 4.69) is 5.32 Å². The minimum atomic E-state index is -1.51. The quantitative estimate of drug-likeness (QED) is 0.211. The number of aliphatic hydroxyl groups excluding tert-OH is 1. The number of nitrogens with one attached hydrogen (secondary N) is 1. The van der Waals surface area contributed by atoms with Gasteiger partial charge in [0.2, 0.25) is 0 Å². The molecular formula is C30H29Cl2NO6. The fourth-order valence-electron chi connectivity index (χ4n) is 5.91. The molecule has 7 nitrogen and oxygen atoms in total. The molecule has 0 saturated carbocycles. The third-order valence-corrected chi connectivity index (χ3v) is 8.51. The molecule has 9 heteroatoms. The first kappa shape index (κ1) is 27.3. The van der Waals surface area contributed by atoms with Crippen LogP contribution in [0, 0.1) is 0 Å². The van der Waals surface area contributed by atoms with Crippen LogP contribution in [0.15, 0.2) is 42.5 Å². The molecule has 5 rings (SSSR count). The van der Waals surface area contributed by atoms with Crippen LogP contribution in [0.3, 0.4) is 0 Å². The molecule has 0 fully saturated rings. The van der Waals surface area contributed by atoms with Gasteiger partial charge < -0.3 is 25.4 Å². The molecule has 0 radical (unpaired) electrons. The Hall–Kier alpha value is -3.26. The summed E-state index contributed by atoms with van der Waals surface area (Å²) in [4.78, 5) is 26.4. The van der Waals surface area contributed by atoms with Gasteiger partial charge in [0, 0.05) is 40.8 Å². The molecule has 0 atom stereocenters. The molecule has 0 unspecified atom stereocenters. The molecule has 0 saturated heterocycles. The molecule has 2 aliphatic rings. The molecule has 1 aliphatic heterocycles. The summed E-state index contributed by atoms with van der Waals surface area (Å²) in [7, 11) is 0. The van der Waals surface area contributed by atoms with Gasteiger partial charge in [-0.2, -0.15) is 0 Å². The van der Waals surface area contributed by atoms with Gasteiger partial charge in [-0.3, -0.25) is 4.79 Å². The number of aromatic hydroxyl groups is 2. The van der Waals surface area contributed by atoms with E-state index in [1.54, 1.807) is 30.3 Å². The van der Waals surface area contributed by atoms with Crippen LogP contribution in [0.25, 0.3) is 0 Å². The van der Waals surface area contributed by atoms with Crippen LogP contribution in [0.1, 0.15) is 88.1 Å². The lowest BCUT2D eigenvalue weighted by molar-refractivity contribution is 0.0231. The number of unbranched alkanes of at least 4 members (excludes halogenated alkanes) is 3. The largest absolute Gasteiger partial charge is 0.506 e. The Morgan fingerprint density at radius 1 is 0.872 bits per heavy atom. The van der Waals surface area contributed by atoms with Crippen molar-refractivity contribution in [2.45, 2.75) is 50.5 Å². The Labute approximate surface area is 236 Å². The minimum absolute atomic E-state index is 0.0847. The van der Waals surface area contributed by atoms with Gasteiger partial charge in [0.15, 0.2) is 5.60 Å². The SMILES string of the molecule is CC1(C)c2c(ccc(O)c2Cl)C2(OC(=O)c3ccc(C(=O)NCCCCCCO)cc32)c2ccc(O)c(Cl)c21. The summed E-state index contributed by atoms with van der Waals surface area (Å²) in [5.41, 5.74) is 0.778. The maximum absolute atomic E-state index is 13.3. The molecule has 1 amide bonds. The lowest BCUT2D eigenvalue weighted by Gasteiger charge is -2.45. The van der Waals surface area contributed by atoms with Crippen molar-refractivity contribution in [3.8, 4) is 11.5 Å². The fraction of sp³-hybridized carbons (Fsp3) is 0.333. The molecule has 1 spiro atoms. The van der Waals surface area contributed by atoms with Gasteiger partial charge in [0.25, 0.3) is 5.91 Å². The lowest BCUT2D eigenvalue weighted by atomic mass is 9.61. The fourth-order valence-corrected chi connectivity index (χ4v) is 6.71. The molecule has 0 bridgehead atoms. The number of carbonyl (C=O) groups is 2. The summed E-state index contributed by atoms with van der Waals surface area (Å²) in [6.07, 6.45) is 3.29. The molecule has 3 aromatic carbocycles. The van der Waals surface area contributed by atoms with Crippen LogP contribution >= 0.6 is 23.2 Å². The van der Waals surface area contributed by atoms with Crippen LogP contribution in [0.5, 0.6) is 11.5 Å². The Kier molecular flexibility index (Phi) is 7.04. The molecule has 0 aromatic heterocycles. The number of hydrogen-bond acceptors (Lipinski definition) is 6. The second kappa shape index (κ2) is 10.0. The predicted octanol–water partition coefficient (Wildman–Crippen LogP) is 5.79. The van der Waals surface area contributed by atoms with Crippen molar-refractivity contribution < 1.29 is 29.6 Å². The number of aliphatic hydroxyl groups is 1. The van der Waals surface area contributed by atoms with Gasteiger partial charge >= 0.3 is 5.97 Å². The number of amides is 1. The molecule has 1 aliphatic carbocycles. The van der Waals surface area contributed by atoms with E-state index in [9.17, 15) is 19.8 Å². The van der Waals surface area contributed by atoms with E-state index in [-0.39, 0.29) is 34.1 Å². The monoisotopic (exact) mass is 569 g/mol. The smallest absolute Gasteiger partial charge is 0.340 e. The second-order valence-corrected chi connectivity index (χ2v) is 11.2. The number of rotatable bonds is 7. The van der Waals surface area contributed by atoms with Crippen molar-refractivity contribution in [1.29, 1.82) is 0 Å². The third kappa shape index (κ3) is 4.15. The van der Waals surface area contributed by atoms with Crippen molar-refractivity contribution in [3.63, 3.8) is 0 Å². The van der Waals surface area contributed by atoms with Crippen LogP contribution in [0.2, 0.25) is 10.0 Å². The topological polar surface area (TPSA) is 116 Å². The molecular weight excluding hydrogens is 541 g/mol. The van der Waals surface area contributed by atoms with Crippen LogP contribution in [-0.2, 0) is 15.8 Å². The second-order valence-electron chi connectivity index (χ2n) is 10.5. The Morgan fingerprint density at radius 3 is 2.05 bits per heavy atom. The first-order chi connectivity index (χ1) is 18.6. The number of phenolic OH excluding ortho intramolecular Hbond substituents is 2. The Balaban J connectivity index is 1.67. The first-order valence-corrected chi connectivity index (χ1v) is 13.6. The summed E-state index contributed by atoms with van der Waals surface area (Å²) < 4.78 is 6.20. The number of fused-ring (bicyclic) bond motifs is 6. The average molecular weight is 570 g/mol. The summed E-state index contributed by atoms with van der Waals surface area (Å²) in [5.74, 6) is -1.16. The number of halogens is 2. The summed E-state index contributed by atoms with van der Waals surface area (Å²) in [5, 5.41) is 33.1. The number of esters is 1. The van der Waals surface area contributed by atoms with E-state index in [0.717, 1.165) is 25.7 Å². The van der Waals surface area contributed by atoms with Gasteiger partial charge in [-0.05, 0) is 54.3 Å². The zero-order valence-corrected chi connectivity index (χ0v) is 23.1. The third-order valence-electron chi connectivity index (χ3n) is 7.75. The molecule has 204 valence electrons. The van der Waals surface area contributed by atoms with E-state index in [1.165, 1.54) is 12.1 Å². The number of benzene rings is 3. The first-order valence-electron chi connectivity index (χ1n) is 12.9. The number of phenols is 2. The zero-order chi connectivity index (χ0) is 28.1. The highest BCUT2D eigenvalue weighted by Gasteiger charge is 2.57.